The first kappa shape index (κ1) is 23.4. The number of rotatable bonds is 7. The van der Waals surface area contributed by atoms with Crippen LogP contribution in [-0.4, -0.2) is 65.6 Å². The quantitative estimate of drug-likeness (QED) is 0.482. The molecule has 2 N–H and O–H groups in total. The Balaban J connectivity index is 1.27. The van der Waals surface area contributed by atoms with E-state index in [1.54, 1.807) is 14.2 Å². The van der Waals surface area contributed by atoms with Gasteiger partial charge in [-0.25, -0.2) is 4.98 Å². The maximum absolute atomic E-state index is 10.8. The molecule has 0 amide bonds. The Morgan fingerprint density at radius 3 is 2.57 bits per heavy atom. The molecule has 2 aliphatic heterocycles. The van der Waals surface area contributed by atoms with E-state index in [1.807, 2.05) is 34.5 Å². The first-order chi connectivity index (χ1) is 17.1. The molecule has 3 heterocycles. The lowest BCUT2D eigenvalue weighted by Gasteiger charge is -2.37. The molecule has 0 spiro atoms. The van der Waals surface area contributed by atoms with E-state index in [-0.39, 0.29) is 11.8 Å². The zero-order valence-corrected chi connectivity index (χ0v) is 20.8. The fourth-order valence-electron chi connectivity index (χ4n) is 4.89. The number of nitrogens with one attached hydrogen (secondary N) is 1. The first-order valence-electron chi connectivity index (χ1n) is 11.8. The van der Waals surface area contributed by atoms with Crippen LogP contribution in [0.1, 0.15) is 23.4 Å². The Morgan fingerprint density at radius 1 is 1.09 bits per heavy atom. The molecule has 0 unspecified atom stereocenters. The SMILES string of the molecule is COc1ccc(OC)c(-c2csc(C3=C(O)CN(C4CCN(Cc5ccccc5)CC4)C3=N)n2)c1. The first-order valence-corrected chi connectivity index (χ1v) is 12.7. The number of hydrogen-bond donors (Lipinski definition) is 2. The van der Waals surface area contributed by atoms with E-state index in [4.69, 9.17) is 19.9 Å². The van der Waals surface area contributed by atoms with Gasteiger partial charge >= 0.3 is 0 Å². The van der Waals surface area contributed by atoms with Crippen molar-refractivity contribution in [2.24, 2.45) is 0 Å². The van der Waals surface area contributed by atoms with Gasteiger partial charge in [0.05, 0.1) is 32.0 Å². The van der Waals surface area contributed by atoms with Crippen LogP contribution in [0.3, 0.4) is 0 Å². The summed E-state index contributed by atoms with van der Waals surface area (Å²) in [6, 6.07) is 16.4. The number of likely N-dealkylation sites (tertiary alicyclic amines) is 1. The van der Waals surface area contributed by atoms with Crippen LogP contribution in [0.2, 0.25) is 0 Å². The fourth-order valence-corrected chi connectivity index (χ4v) is 5.78. The molecule has 0 saturated carbocycles. The summed E-state index contributed by atoms with van der Waals surface area (Å²) in [4.78, 5) is 9.28. The van der Waals surface area contributed by atoms with E-state index in [2.05, 4.69) is 29.2 Å². The smallest absolute Gasteiger partial charge is 0.135 e. The molecule has 0 atom stereocenters. The molecule has 3 aromatic rings. The second kappa shape index (κ2) is 10.1. The van der Waals surface area contributed by atoms with Gasteiger partial charge in [0.2, 0.25) is 0 Å². The van der Waals surface area contributed by atoms with Gasteiger partial charge in [0.1, 0.15) is 28.1 Å². The second-order valence-electron chi connectivity index (χ2n) is 8.90. The van der Waals surface area contributed by atoms with Crippen molar-refractivity contribution in [1.29, 1.82) is 5.41 Å². The van der Waals surface area contributed by atoms with Crippen LogP contribution < -0.4 is 9.47 Å². The standard InChI is InChI=1S/C27H30N4O3S/c1-33-20-8-9-24(34-2)21(14-20)22-17-35-27(29-22)25-23(32)16-31(26(25)28)19-10-12-30(13-11-19)15-18-6-4-3-5-7-18/h3-9,14,17,19,28,32H,10-13,15-16H2,1-2H3. The summed E-state index contributed by atoms with van der Waals surface area (Å²) < 4.78 is 10.9. The van der Waals surface area contributed by atoms with Gasteiger partial charge in [-0.2, -0.15) is 0 Å². The normalized spacial score (nSPS) is 17.3. The summed E-state index contributed by atoms with van der Waals surface area (Å²) in [5, 5.41) is 22.3. The van der Waals surface area contributed by atoms with Crippen molar-refractivity contribution >= 4 is 22.7 Å². The Bertz CT molecular complexity index is 1230. The maximum atomic E-state index is 10.8. The highest BCUT2D eigenvalue weighted by molar-refractivity contribution is 7.11. The molecule has 0 aliphatic carbocycles. The van der Waals surface area contributed by atoms with Crippen LogP contribution in [-0.2, 0) is 6.54 Å². The molecule has 8 heteroatoms. The highest BCUT2D eigenvalue weighted by Crippen LogP contribution is 2.38. The Kier molecular flexibility index (Phi) is 6.74. The lowest BCUT2D eigenvalue weighted by molar-refractivity contribution is 0.149. The number of ether oxygens (including phenoxy) is 2. The molecular formula is C27H30N4O3S. The van der Waals surface area contributed by atoms with Gasteiger partial charge in [-0.3, -0.25) is 10.3 Å². The van der Waals surface area contributed by atoms with Gasteiger partial charge in [-0.1, -0.05) is 30.3 Å². The van der Waals surface area contributed by atoms with Crippen molar-refractivity contribution in [3.8, 4) is 22.8 Å². The third kappa shape index (κ3) is 4.76. The van der Waals surface area contributed by atoms with Crippen molar-refractivity contribution in [3.63, 3.8) is 0 Å². The van der Waals surface area contributed by atoms with Crippen LogP contribution in [0, 0.1) is 5.41 Å². The van der Waals surface area contributed by atoms with E-state index < -0.39 is 0 Å². The number of piperidine rings is 1. The van der Waals surface area contributed by atoms with Gasteiger partial charge in [-0.15, -0.1) is 11.3 Å². The molecule has 0 bridgehead atoms. The maximum Gasteiger partial charge on any atom is 0.135 e. The number of nitrogens with zero attached hydrogens (tertiary/aromatic N) is 3. The number of benzene rings is 2. The van der Waals surface area contributed by atoms with Crippen molar-refractivity contribution in [3.05, 3.63) is 70.2 Å². The molecule has 35 heavy (non-hydrogen) atoms. The second-order valence-corrected chi connectivity index (χ2v) is 9.75. The number of amidine groups is 1. The number of aliphatic hydroxyl groups is 1. The van der Waals surface area contributed by atoms with Gasteiger partial charge < -0.3 is 19.5 Å². The lowest BCUT2D eigenvalue weighted by Crippen LogP contribution is -2.45. The summed E-state index contributed by atoms with van der Waals surface area (Å²) in [5.41, 5.74) is 3.42. The summed E-state index contributed by atoms with van der Waals surface area (Å²) in [6.07, 6.45) is 1.94. The van der Waals surface area contributed by atoms with Crippen LogP contribution >= 0.6 is 11.3 Å². The fraction of sp³-hybridized carbons (Fsp3) is 0.333. The van der Waals surface area contributed by atoms with Gasteiger partial charge in [0.25, 0.3) is 0 Å². The molecule has 1 saturated heterocycles. The topological polar surface area (TPSA) is 81.9 Å². The van der Waals surface area contributed by atoms with Crippen LogP contribution in [0.25, 0.3) is 16.8 Å². The van der Waals surface area contributed by atoms with Gasteiger partial charge in [-0.05, 0) is 36.6 Å². The zero-order valence-electron chi connectivity index (χ0n) is 20.0. The average molecular weight is 491 g/mol. The number of aliphatic hydroxyl groups excluding tert-OH is 1. The highest BCUT2D eigenvalue weighted by Gasteiger charge is 2.36. The third-order valence-electron chi connectivity index (χ3n) is 6.78. The predicted molar refractivity (Wildman–Crippen MR) is 139 cm³/mol. The minimum atomic E-state index is 0.222. The van der Waals surface area contributed by atoms with Gasteiger partial charge in [0.15, 0.2) is 0 Å². The van der Waals surface area contributed by atoms with Crippen molar-refractivity contribution < 1.29 is 14.6 Å². The van der Waals surface area contributed by atoms with E-state index in [0.29, 0.717) is 28.7 Å². The number of thiazole rings is 1. The van der Waals surface area contributed by atoms with Crippen molar-refractivity contribution in [2.75, 3.05) is 33.9 Å². The largest absolute Gasteiger partial charge is 0.510 e. The molecular weight excluding hydrogens is 460 g/mol. The van der Waals surface area contributed by atoms with E-state index in [1.165, 1.54) is 16.9 Å². The molecule has 1 fully saturated rings. The Labute approximate surface area is 209 Å². The van der Waals surface area contributed by atoms with E-state index in [0.717, 1.165) is 49.5 Å². The number of methoxy groups -OCH3 is 2. The molecule has 2 aliphatic rings. The molecule has 5 rings (SSSR count). The summed E-state index contributed by atoms with van der Waals surface area (Å²) in [5.74, 6) is 2.00. The van der Waals surface area contributed by atoms with Crippen LogP contribution in [0.5, 0.6) is 11.5 Å². The van der Waals surface area contributed by atoms with Crippen molar-refractivity contribution in [1.82, 2.24) is 14.8 Å². The molecule has 1 aromatic heterocycles. The lowest BCUT2D eigenvalue weighted by atomic mass is 10.0. The zero-order chi connectivity index (χ0) is 24.4. The van der Waals surface area contributed by atoms with E-state index in [9.17, 15) is 5.11 Å². The Morgan fingerprint density at radius 2 is 1.86 bits per heavy atom. The summed E-state index contributed by atoms with van der Waals surface area (Å²) >= 11 is 1.43. The van der Waals surface area contributed by atoms with Crippen molar-refractivity contribution in [2.45, 2.75) is 25.4 Å². The average Bonchev–Trinajstić information content (AvgIpc) is 3.48. The highest BCUT2D eigenvalue weighted by atomic mass is 32.1. The molecule has 2 aromatic carbocycles. The molecule has 182 valence electrons. The number of hydrogen-bond acceptors (Lipinski definition) is 7. The summed E-state index contributed by atoms with van der Waals surface area (Å²) in [7, 11) is 3.25. The van der Waals surface area contributed by atoms with E-state index >= 15 is 0 Å². The Hall–Kier alpha value is -3.36. The predicted octanol–water partition coefficient (Wildman–Crippen LogP) is 5.05. The molecule has 0 radical (unpaired) electrons. The number of aromatic nitrogens is 1. The molecule has 7 nitrogen and oxygen atoms in total. The van der Waals surface area contributed by atoms with Crippen LogP contribution in [0.4, 0.5) is 0 Å². The third-order valence-corrected chi connectivity index (χ3v) is 7.64. The summed E-state index contributed by atoms with van der Waals surface area (Å²) in [6.45, 7) is 3.29. The van der Waals surface area contributed by atoms with Gasteiger partial charge in [0, 0.05) is 36.6 Å². The van der Waals surface area contributed by atoms with Crippen LogP contribution in [0.15, 0.2) is 59.7 Å². The minimum Gasteiger partial charge on any atom is -0.510 e. The minimum absolute atomic E-state index is 0.222. The monoisotopic (exact) mass is 490 g/mol.